The molecular weight excluding hydrogens is 322 g/mol. The van der Waals surface area contributed by atoms with Crippen molar-refractivity contribution in [2.75, 3.05) is 42.9 Å². The minimum absolute atomic E-state index is 0.704. The lowest BCUT2D eigenvalue weighted by atomic mass is 9.94. The van der Waals surface area contributed by atoms with E-state index < -0.39 is 0 Å². The predicted octanol–water partition coefficient (Wildman–Crippen LogP) is 3.68. The number of piperazine rings is 1. The lowest BCUT2D eigenvalue weighted by molar-refractivity contribution is 0.147. The third kappa shape index (κ3) is 3.68. The number of para-hydroxylation sites is 1. The summed E-state index contributed by atoms with van der Waals surface area (Å²) in [7, 11) is 0. The van der Waals surface area contributed by atoms with Crippen molar-refractivity contribution >= 4 is 22.7 Å². The van der Waals surface area contributed by atoms with Gasteiger partial charge in [0.25, 0.3) is 0 Å². The highest BCUT2D eigenvalue weighted by atomic mass is 15.3. The summed E-state index contributed by atoms with van der Waals surface area (Å²) in [6, 6.07) is 9.02. The Balaban J connectivity index is 1.50. The third-order valence-corrected chi connectivity index (χ3v) is 5.69. The van der Waals surface area contributed by atoms with Gasteiger partial charge in [-0.25, -0.2) is 4.98 Å². The second-order valence-electron chi connectivity index (χ2n) is 7.37. The van der Waals surface area contributed by atoms with Gasteiger partial charge in [-0.1, -0.05) is 37.5 Å². The summed E-state index contributed by atoms with van der Waals surface area (Å²) in [6.07, 6.45) is 8.83. The molecule has 1 aromatic heterocycles. The molecule has 0 unspecified atom stereocenters. The number of nitrogens with zero attached hydrogens (tertiary/aromatic N) is 4. The van der Waals surface area contributed by atoms with Gasteiger partial charge in [-0.3, -0.25) is 4.90 Å². The lowest BCUT2D eigenvalue weighted by Crippen LogP contribution is -2.51. The van der Waals surface area contributed by atoms with Gasteiger partial charge in [-0.05, 0) is 25.0 Å². The number of fused-ring (bicyclic) bond motifs is 1. The molecule has 2 aromatic rings. The number of nitrogens with one attached hydrogen (secondary N) is 1. The van der Waals surface area contributed by atoms with Gasteiger partial charge in [0.2, 0.25) is 5.95 Å². The van der Waals surface area contributed by atoms with Gasteiger partial charge in [-0.2, -0.15) is 4.98 Å². The molecule has 2 aliphatic rings. The van der Waals surface area contributed by atoms with Crippen LogP contribution >= 0.6 is 0 Å². The summed E-state index contributed by atoms with van der Waals surface area (Å²) in [5, 5.41) is 4.44. The highest BCUT2D eigenvalue weighted by Gasteiger charge is 2.26. The average molecular weight is 351 g/mol. The minimum Gasteiger partial charge on any atom is -0.366 e. The number of hydrogen-bond donors (Lipinski definition) is 1. The van der Waals surface area contributed by atoms with E-state index in [0.29, 0.717) is 6.54 Å². The fourth-order valence-electron chi connectivity index (χ4n) is 4.24. The first-order valence-electron chi connectivity index (χ1n) is 9.96. The van der Waals surface area contributed by atoms with E-state index >= 15 is 0 Å². The van der Waals surface area contributed by atoms with Crippen LogP contribution in [0.5, 0.6) is 0 Å². The van der Waals surface area contributed by atoms with Crippen LogP contribution in [0.4, 0.5) is 11.8 Å². The minimum atomic E-state index is 0.704. The van der Waals surface area contributed by atoms with Crippen molar-refractivity contribution in [2.24, 2.45) is 0 Å². The molecule has 0 spiro atoms. The summed E-state index contributed by atoms with van der Waals surface area (Å²) < 4.78 is 0. The first-order valence-corrected chi connectivity index (χ1v) is 9.96. The Bertz CT molecular complexity index is 745. The second kappa shape index (κ2) is 8.04. The molecule has 0 amide bonds. The van der Waals surface area contributed by atoms with Crippen molar-refractivity contribution in [3.05, 3.63) is 36.9 Å². The maximum absolute atomic E-state index is 4.84. The van der Waals surface area contributed by atoms with Crippen LogP contribution in [0.1, 0.15) is 32.1 Å². The lowest BCUT2D eigenvalue weighted by Gasteiger charge is -2.40. The molecule has 0 bridgehead atoms. The van der Waals surface area contributed by atoms with Gasteiger partial charge in [0.1, 0.15) is 5.82 Å². The van der Waals surface area contributed by atoms with Crippen LogP contribution in [0.2, 0.25) is 0 Å². The van der Waals surface area contributed by atoms with Crippen LogP contribution in [0.25, 0.3) is 10.9 Å². The van der Waals surface area contributed by atoms with Crippen molar-refractivity contribution in [3.63, 3.8) is 0 Å². The Labute approximate surface area is 156 Å². The van der Waals surface area contributed by atoms with Crippen LogP contribution in [0, 0.1) is 0 Å². The summed E-state index contributed by atoms with van der Waals surface area (Å²) >= 11 is 0. The molecule has 138 valence electrons. The van der Waals surface area contributed by atoms with Gasteiger partial charge in [0, 0.05) is 44.2 Å². The second-order valence-corrected chi connectivity index (χ2v) is 7.37. The van der Waals surface area contributed by atoms with E-state index in [-0.39, 0.29) is 0 Å². The van der Waals surface area contributed by atoms with Gasteiger partial charge >= 0.3 is 0 Å². The van der Waals surface area contributed by atoms with Crippen LogP contribution < -0.4 is 10.2 Å². The Kier molecular flexibility index (Phi) is 5.34. The Hall–Kier alpha value is -2.14. The number of benzene rings is 1. The molecule has 2 fully saturated rings. The number of aromatic nitrogens is 2. The molecule has 4 rings (SSSR count). The van der Waals surface area contributed by atoms with E-state index in [4.69, 9.17) is 9.97 Å². The third-order valence-electron chi connectivity index (χ3n) is 5.69. The van der Waals surface area contributed by atoms with Crippen LogP contribution in [-0.4, -0.2) is 53.6 Å². The zero-order valence-electron chi connectivity index (χ0n) is 15.5. The predicted molar refractivity (Wildman–Crippen MR) is 109 cm³/mol. The standard InChI is InChI=1S/C21H29N5/c1-2-12-22-20-18-10-6-7-11-19(18)23-21(24-20)26-15-13-25(14-16-26)17-8-4-3-5-9-17/h2,6-7,10-11,17H,1,3-5,8-9,12-16H2,(H,22,23,24). The molecule has 1 aliphatic heterocycles. The summed E-state index contributed by atoms with van der Waals surface area (Å²) in [4.78, 5) is 14.7. The summed E-state index contributed by atoms with van der Waals surface area (Å²) in [5.74, 6) is 1.75. The topological polar surface area (TPSA) is 44.3 Å². The average Bonchev–Trinajstić information content (AvgIpc) is 2.72. The zero-order chi connectivity index (χ0) is 17.8. The number of hydrogen-bond acceptors (Lipinski definition) is 5. The van der Waals surface area contributed by atoms with Crippen molar-refractivity contribution in [3.8, 4) is 0 Å². The largest absolute Gasteiger partial charge is 0.366 e. The maximum Gasteiger partial charge on any atom is 0.227 e. The van der Waals surface area contributed by atoms with Gasteiger partial charge in [-0.15, -0.1) is 6.58 Å². The van der Waals surface area contributed by atoms with Gasteiger partial charge in [0.05, 0.1) is 5.52 Å². The molecule has 0 atom stereocenters. The zero-order valence-corrected chi connectivity index (χ0v) is 15.5. The Morgan fingerprint density at radius 1 is 1.04 bits per heavy atom. The first-order chi connectivity index (χ1) is 12.8. The molecule has 2 heterocycles. The number of anilines is 2. The summed E-state index contributed by atoms with van der Waals surface area (Å²) in [5.41, 5.74) is 0.999. The van der Waals surface area contributed by atoms with Crippen molar-refractivity contribution in [1.82, 2.24) is 14.9 Å². The monoisotopic (exact) mass is 351 g/mol. The normalized spacial score (nSPS) is 19.6. The molecule has 26 heavy (non-hydrogen) atoms. The number of rotatable bonds is 5. The molecule has 5 nitrogen and oxygen atoms in total. The SMILES string of the molecule is C=CCNc1nc(N2CCN(C3CCCCC3)CC2)nc2ccccc12. The van der Waals surface area contributed by atoms with E-state index in [1.807, 2.05) is 18.2 Å². The molecule has 1 saturated heterocycles. The van der Waals surface area contributed by atoms with E-state index in [1.165, 1.54) is 32.1 Å². The molecule has 1 N–H and O–H groups in total. The van der Waals surface area contributed by atoms with Crippen molar-refractivity contribution in [2.45, 2.75) is 38.1 Å². The Morgan fingerprint density at radius 2 is 1.81 bits per heavy atom. The molecule has 1 aromatic carbocycles. The molecular formula is C21H29N5. The van der Waals surface area contributed by atoms with E-state index in [9.17, 15) is 0 Å². The fourth-order valence-corrected chi connectivity index (χ4v) is 4.24. The molecule has 0 radical (unpaired) electrons. The van der Waals surface area contributed by atoms with E-state index in [0.717, 1.165) is 54.9 Å². The maximum atomic E-state index is 4.84. The van der Waals surface area contributed by atoms with Crippen LogP contribution in [-0.2, 0) is 0 Å². The quantitative estimate of drug-likeness (QED) is 0.833. The van der Waals surface area contributed by atoms with Crippen LogP contribution in [0.15, 0.2) is 36.9 Å². The fraction of sp³-hybridized carbons (Fsp3) is 0.524. The van der Waals surface area contributed by atoms with E-state index in [1.54, 1.807) is 0 Å². The highest BCUT2D eigenvalue weighted by Crippen LogP contribution is 2.26. The first kappa shape index (κ1) is 17.3. The summed E-state index contributed by atoms with van der Waals surface area (Å²) in [6.45, 7) is 8.77. The molecule has 1 saturated carbocycles. The van der Waals surface area contributed by atoms with Crippen molar-refractivity contribution in [1.29, 1.82) is 0 Å². The molecule has 5 heteroatoms. The highest BCUT2D eigenvalue weighted by molar-refractivity contribution is 5.90. The van der Waals surface area contributed by atoms with Crippen molar-refractivity contribution < 1.29 is 0 Å². The van der Waals surface area contributed by atoms with Gasteiger partial charge < -0.3 is 10.2 Å². The van der Waals surface area contributed by atoms with E-state index in [2.05, 4.69) is 33.8 Å². The molecule has 1 aliphatic carbocycles. The van der Waals surface area contributed by atoms with Crippen LogP contribution in [0.3, 0.4) is 0 Å². The smallest absolute Gasteiger partial charge is 0.227 e. The Morgan fingerprint density at radius 3 is 2.58 bits per heavy atom. The van der Waals surface area contributed by atoms with Gasteiger partial charge in [0.15, 0.2) is 0 Å².